The average molecular weight is 277 g/mol. The minimum atomic E-state index is -0.643. The Morgan fingerprint density at radius 1 is 1.35 bits per heavy atom. The van der Waals surface area contributed by atoms with Gasteiger partial charge in [0.15, 0.2) is 0 Å². The smallest absolute Gasteiger partial charge is 0.119 e. The number of hydrogen-bond donors (Lipinski definition) is 1. The van der Waals surface area contributed by atoms with Gasteiger partial charge in [-0.1, -0.05) is 6.07 Å². The molecular formula is C16H23NO3. The zero-order chi connectivity index (χ0) is 14.2. The summed E-state index contributed by atoms with van der Waals surface area (Å²) in [5.41, 5.74) is 1.90. The molecule has 1 fully saturated rings. The van der Waals surface area contributed by atoms with E-state index in [4.69, 9.17) is 9.47 Å². The normalized spacial score (nSPS) is 26.1. The van der Waals surface area contributed by atoms with Crippen molar-refractivity contribution in [3.63, 3.8) is 0 Å². The topological polar surface area (TPSA) is 41.9 Å². The fraction of sp³-hybridized carbons (Fsp3) is 0.625. The van der Waals surface area contributed by atoms with Crippen LogP contribution in [0.15, 0.2) is 18.2 Å². The Hall–Kier alpha value is -1.10. The van der Waals surface area contributed by atoms with E-state index >= 15 is 0 Å². The predicted octanol–water partition coefficient (Wildman–Crippen LogP) is 1.77. The highest BCUT2D eigenvalue weighted by molar-refractivity contribution is 5.41. The summed E-state index contributed by atoms with van der Waals surface area (Å²) in [4.78, 5) is 2.28. The van der Waals surface area contributed by atoms with Crippen molar-refractivity contribution in [2.75, 3.05) is 33.9 Å². The zero-order valence-corrected chi connectivity index (χ0v) is 12.3. The van der Waals surface area contributed by atoms with Gasteiger partial charge in [0.05, 0.1) is 12.7 Å². The molecule has 0 spiro atoms. The minimum absolute atomic E-state index is 0.158. The van der Waals surface area contributed by atoms with E-state index in [0.717, 1.165) is 31.7 Å². The summed E-state index contributed by atoms with van der Waals surface area (Å²) in [5.74, 6) is 1.04. The molecule has 1 N–H and O–H groups in total. The maximum absolute atomic E-state index is 11.0. The van der Waals surface area contributed by atoms with Gasteiger partial charge in [0.25, 0.3) is 0 Å². The lowest BCUT2D eigenvalue weighted by Gasteiger charge is -2.44. The van der Waals surface area contributed by atoms with Crippen molar-refractivity contribution in [3.05, 3.63) is 29.3 Å². The highest BCUT2D eigenvalue weighted by atomic mass is 16.5. The minimum Gasteiger partial charge on any atom is -0.497 e. The van der Waals surface area contributed by atoms with Gasteiger partial charge in [-0.05, 0) is 30.3 Å². The Bertz CT molecular complexity index is 483. The van der Waals surface area contributed by atoms with Gasteiger partial charge in [0, 0.05) is 45.1 Å². The molecule has 4 nitrogen and oxygen atoms in total. The molecule has 2 heterocycles. The molecule has 1 aromatic rings. The number of nitrogens with zero attached hydrogens (tertiary/aromatic N) is 1. The Labute approximate surface area is 120 Å². The van der Waals surface area contributed by atoms with Crippen LogP contribution < -0.4 is 4.74 Å². The van der Waals surface area contributed by atoms with Crippen molar-refractivity contribution in [2.24, 2.45) is 0 Å². The summed E-state index contributed by atoms with van der Waals surface area (Å²) in [7, 11) is 3.80. The lowest BCUT2D eigenvalue weighted by Crippen LogP contribution is -2.48. The predicted molar refractivity (Wildman–Crippen MR) is 77.1 cm³/mol. The highest BCUT2D eigenvalue weighted by Crippen LogP contribution is 2.41. The molecule has 0 aromatic heterocycles. The molecule has 0 amide bonds. The van der Waals surface area contributed by atoms with Crippen molar-refractivity contribution < 1.29 is 14.6 Å². The van der Waals surface area contributed by atoms with E-state index in [2.05, 4.69) is 24.1 Å². The number of methoxy groups -OCH3 is 1. The first-order chi connectivity index (χ1) is 9.62. The lowest BCUT2D eigenvalue weighted by atomic mass is 9.74. The number of hydrogen-bond acceptors (Lipinski definition) is 4. The Balaban J connectivity index is 1.97. The monoisotopic (exact) mass is 277 g/mol. The van der Waals surface area contributed by atoms with Gasteiger partial charge in [-0.25, -0.2) is 0 Å². The third-order valence-electron chi connectivity index (χ3n) is 4.67. The molecule has 1 unspecified atom stereocenters. The SMILES string of the molecule is COc1ccc2c(c1)CN(C)CC2C1(O)CCOCC1. The van der Waals surface area contributed by atoms with E-state index in [0.29, 0.717) is 13.2 Å². The average Bonchev–Trinajstić information content (AvgIpc) is 2.46. The van der Waals surface area contributed by atoms with Gasteiger partial charge in [-0.3, -0.25) is 0 Å². The largest absolute Gasteiger partial charge is 0.497 e. The fourth-order valence-corrected chi connectivity index (χ4v) is 3.48. The summed E-state index contributed by atoms with van der Waals surface area (Å²) in [6.07, 6.45) is 1.44. The molecule has 20 heavy (non-hydrogen) atoms. The van der Waals surface area contributed by atoms with E-state index in [1.807, 2.05) is 6.07 Å². The second kappa shape index (κ2) is 5.35. The van der Waals surface area contributed by atoms with E-state index in [1.165, 1.54) is 11.1 Å². The second-order valence-corrected chi connectivity index (χ2v) is 6.03. The summed E-state index contributed by atoms with van der Waals surface area (Å²) in [5, 5.41) is 11.0. The zero-order valence-electron chi connectivity index (χ0n) is 12.3. The summed E-state index contributed by atoms with van der Waals surface area (Å²) < 4.78 is 10.7. The van der Waals surface area contributed by atoms with Gasteiger partial charge >= 0.3 is 0 Å². The van der Waals surface area contributed by atoms with Crippen molar-refractivity contribution in [2.45, 2.75) is 30.9 Å². The van der Waals surface area contributed by atoms with E-state index in [1.54, 1.807) is 7.11 Å². The van der Waals surface area contributed by atoms with Crippen molar-refractivity contribution in [3.8, 4) is 5.75 Å². The van der Waals surface area contributed by atoms with Crippen molar-refractivity contribution in [1.82, 2.24) is 4.90 Å². The van der Waals surface area contributed by atoms with Gasteiger partial charge in [0.1, 0.15) is 5.75 Å². The van der Waals surface area contributed by atoms with Gasteiger partial charge in [-0.2, -0.15) is 0 Å². The van der Waals surface area contributed by atoms with Crippen molar-refractivity contribution >= 4 is 0 Å². The molecule has 1 saturated heterocycles. The third kappa shape index (κ3) is 2.43. The summed E-state index contributed by atoms with van der Waals surface area (Å²) in [6, 6.07) is 6.22. The number of ether oxygens (including phenoxy) is 2. The van der Waals surface area contributed by atoms with Crippen molar-refractivity contribution in [1.29, 1.82) is 0 Å². The van der Waals surface area contributed by atoms with E-state index in [9.17, 15) is 5.11 Å². The van der Waals surface area contributed by atoms with Crippen LogP contribution >= 0.6 is 0 Å². The molecular weight excluding hydrogens is 254 g/mol. The number of fused-ring (bicyclic) bond motifs is 1. The van der Waals surface area contributed by atoms with Gasteiger partial charge in [-0.15, -0.1) is 0 Å². The molecule has 2 aliphatic rings. The van der Waals surface area contributed by atoms with E-state index in [-0.39, 0.29) is 5.92 Å². The molecule has 1 atom stereocenters. The third-order valence-corrected chi connectivity index (χ3v) is 4.67. The molecule has 2 aliphatic heterocycles. The Kier molecular flexibility index (Phi) is 3.71. The number of rotatable bonds is 2. The number of benzene rings is 1. The first kappa shape index (κ1) is 13.9. The van der Waals surface area contributed by atoms with Gasteiger partial charge in [0.2, 0.25) is 0 Å². The fourth-order valence-electron chi connectivity index (χ4n) is 3.48. The molecule has 0 radical (unpaired) electrons. The quantitative estimate of drug-likeness (QED) is 0.894. The van der Waals surface area contributed by atoms with E-state index < -0.39 is 5.60 Å². The van der Waals surface area contributed by atoms with Crippen LogP contribution in [0, 0.1) is 0 Å². The molecule has 110 valence electrons. The molecule has 0 saturated carbocycles. The molecule has 3 rings (SSSR count). The first-order valence-electron chi connectivity index (χ1n) is 7.28. The highest BCUT2D eigenvalue weighted by Gasteiger charge is 2.42. The van der Waals surface area contributed by atoms with Crippen LogP contribution in [0.1, 0.15) is 29.9 Å². The summed E-state index contributed by atoms with van der Waals surface area (Å²) in [6.45, 7) is 3.12. The van der Waals surface area contributed by atoms with Crippen LogP contribution in [0.25, 0.3) is 0 Å². The molecule has 4 heteroatoms. The number of aliphatic hydroxyl groups is 1. The maximum atomic E-state index is 11.0. The first-order valence-corrected chi connectivity index (χ1v) is 7.28. The van der Waals surface area contributed by atoms with Gasteiger partial charge < -0.3 is 19.5 Å². The van der Waals surface area contributed by atoms with Crippen LogP contribution in [-0.4, -0.2) is 49.5 Å². The Morgan fingerprint density at radius 3 is 2.80 bits per heavy atom. The molecule has 0 aliphatic carbocycles. The second-order valence-electron chi connectivity index (χ2n) is 6.03. The molecule has 0 bridgehead atoms. The standard InChI is InChI=1S/C16H23NO3/c1-17-10-12-9-13(19-2)3-4-14(12)15(11-17)16(18)5-7-20-8-6-16/h3-4,9,15,18H,5-8,10-11H2,1-2H3. The van der Waals surface area contributed by atoms with Crippen LogP contribution in [0.2, 0.25) is 0 Å². The van der Waals surface area contributed by atoms with Crippen LogP contribution in [-0.2, 0) is 11.3 Å². The number of likely N-dealkylation sites (N-methyl/N-ethyl adjacent to an activating group) is 1. The Morgan fingerprint density at radius 2 is 2.10 bits per heavy atom. The molecule has 1 aromatic carbocycles. The van der Waals surface area contributed by atoms with Crippen LogP contribution in [0.4, 0.5) is 0 Å². The van der Waals surface area contributed by atoms with Crippen LogP contribution in [0.3, 0.4) is 0 Å². The van der Waals surface area contributed by atoms with Crippen LogP contribution in [0.5, 0.6) is 5.75 Å². The lowest BCUT2D eigenvalue weighted by molar-refractivity contribution is -0.0863. The maximum Gasteiger partial charge on any atom is 0.119 e. The summed E-state index contributed by atoms with van der Waals surface area (Å²) >= 11 is 0.